The first kappa shape index (κ1) is 12.4. The van der Waals surface area contributed by atoms with E-state index in [9.17, 15) is 0 Å². The topological polar surface area (TPSA) is 18.5 Å². The second kappa shape index (κ2) is 6.02. The summed E-state index contributed by atoms with van der Waals surface area (Å²) in [6.45, 7) is 6.19. The van der Waals surface area contributed by atoms with E-state index in [1.54, 1.807) is 0 Å². The molecule has 1 saturated carbocycles. The quantitative estimate of drug-likeness (QED) is 0.732. The van der Waals surface area contributed by atoms with Crippen LogP contribution in [-0.4, -0.2) is 19.5 Å². The molecule has 2 nitrogen and oxygen atoms in total. The van der Waals surface area contributed by atoms with Gasteiger partial charge in [-0.1, -0.05) is 39.0 Å². The molecule has 2 aliphatic rings. The first-order valence-corrected chi connectivity index (χ1v) is 6.97. The van der Waals surface area contributed by atoms with Crippen molar-refractivity contribution in [3.8, 4) is 0 Å². The van der Waals surface area contributed by atoms with Gasteiger partial charge in [-0.25, -0.2) is 0 Å². The zero-order valence-electron chi connectivity index (χ0n) is 10.8. The Morgan fingerprint density at radius 2 is 1.38 bits per heavy atom. The molecule has 0 atom stereocenters. The van der Waals surface area contributed by atoms with Gasteiger partial charge in [0.1, 0.15) is 0 Å². The maximum Gasteiger partial charge on any atom is 0.154 e. The lowest BCUT2D eigenvalue weighted by Crippen LogP contribution is -2.30. The SMILES string of the molecule is CC1CCC(CCC2COC(C)OC2)CC1. The molecule has 2 rings (SSSR count). The molecule has 0 amide bonds. The van der Waals surface area contributed by atoms with Crippen LogP contribution in [0.1, 0.15) is 52.4 Å². The van der Waals surface area contributed by atoms with Gasteiger partial charge in [0.05, 0.1) is 13.2 Å². The summed E-state index contributed by atoms with van der Waals surface area (Å²) in [5.74, 6) is 2.60. The van der Waals surface area contributed by atoms with Crippen LogP contribution in [0.4, 0.5) is 0 Å². The summed E-state index contributed by atoms with van der Waals surface area (Å²) in [6, 6.07) is 0. The summed E-state index contributed by atoms with van der Waals surface area (Å²) in [6.07, 6.45) is 8.49. The average molecular weight is 226 g/mol. The molecule has 1 aliphatic heterocycles. The van der Waals surface area contributed by atoms with Gasteiger partial charge < -0.3 is 9.47 Å². The lowest BCUT2D eigenvalue weighted by Gasteiger charge is -2.30. The van der Waals surface area contributed by atoms with Crippen molar-refractivity contribution in [3.63, 3.8) is 0 Å². The van der Waals surface area contributed by atoms with Crippen LogP contribution in [0.25, 0.3) is 0 Å². The first-order valence-electron chi connectivity index (χ1n) is 6.97. The molecule has 94 valence electrons. The van der Waals surface area contributed by atoms with Gasteiger partial charge >= 0.3 is 0 Å². The first-order chi connectivity index (χ1) is 7.74. The Kier molecular flexibility index (Phi) is 4.66. The summed E-state index contributed by atoms with van der Waals surface area (Å²) >= 11 is 0. The highest BCUT2D eigenvalue weighted by atomic mass is 16.7. The molecular weight excluding hydrogens is 200 g/mol. The van der Waals surface area contributed by atoms with Crippen LogP contribution in [0.2, 0.25) is 0 Å². The lowest BCUT2D eigenvalue weighted by atomic mass is 9.80. The largest absolute Gasteiger partial charge is 0.353 e. The predicted molar refractivity (Wildman–Crippen MR) is 65.2 cm³/mol. The maximum absolute atomic E-state index is 5.53. The molecule has 2 heteroatoms. The Bertz CT molecular complexity index is 167. The molecule has 2 fully saturated rings. The van der Waals surface area contributed by atoms with Crippen LogP contribution in [-0.2, 0) is 9.47 Å². The van der Waals surface area contributed by atoms with Crippen molar-refractivity contribution in [3.05, 3.63) is 0 Å². The predicted octanol–water partition coefficient (Wildman–Crippen LogP) is 3.60. The molecule has 0 aromatic rings. The second-order valence-electron chi connectivity index (χ2n) is 5.80. The molecule has 0 spiro atoms. The molecule has 16 heavy (non-hydrogen) atoms. The monoisotopic (exact) mass is 226 g/mol. The number of hydrogen-bond donors (Lipinski definition) is 0. The fourth-order valence-corrected chi connectivity index (χ4v) is 2.90. The smallest absolute Gasteiger partial charge is 0.154 e. The van der Waals surface area contributed by atoms with Crippen molar-refractivity contribution in [2.45, 2.75) is 58.7 Å². The second-order valence-corrected chi connectivity index (χ2v) is 5.80. The zero-order valence-corrected chi connectivity index (χ0v) is 10.8. The third-order valence-corrected chi connectivity index (χ3v) is 4.25. The van der Waals surface area contributed by atoms with E-state index in [-0.39, 0.29) is 6.29 Å². The van der Waals surface area contributed by atoms with Gasteiger partial charge in [0, 0.05) is 5.92 Å². The standard InChI is InChI=1S/C14H26O2/c1-11-3-5-13(6-4-11)7-8-14-9-15-12(2)16-10-14/h11-14H,3-10H2,1-2H3. The van der Waals surface area contributed by atoms with E-state index in [1.807, 2.05) is 6.92 Å². The van der Waals surface area contributed by atoms with E-state index >= 15 is 0 Å². The van der Waals surface area contributed by atoms with Crippen LogP contribution in [0.15, 0.2) is 0 Å². The molecule has 0 aromatic heterocycles. The van der Waals surface area contributed by atoms with Gasteiger partial charge in [-0.2, -0.15) is 0 Å². The summed E-state index contributed by atoms with van der Waals surface area (Å²) in [5.41, 5.74) is 0. The number of hydrogen-bond acceptors (Lipinski definition) is 2. The average Bonchev–Trinajstić information content (AvgIpc) is 2.30. The summed E-state index contributed by atoms with van der Waals surface area (Å²) in [5, 5.41) is 0. The molecule has 1 aliphatic carbocycles. The highest BCUT2D eigenvalue weighted by molar-refractivity contribution is 4.72. The van der Waals surface area contributed by atoms with Crippen LogP contribution in [0.3, 0.4) is 0 Å². The molecule has 1 saturated heterocycles. The Balaban J connectivity index is 1.60. The van der Waals surface area contributed by atoms with Crippen LogP contribution < -0.4 is 0 Å². The van der Waals surface area contributed by atoms with E-state index in [4.69, 9.17) is 9.47 Å². The Morgan fingerprint density at radius 3 is 2.00 bits per heavy atom. The van der Waals surface area contributed by atoms with Crippen molar-refractivity contribution in [2.24, 2.45) is 17.8 Å². The van der Waals surface area contributed by atoms with Crippen molar-refractivity contribution in [1.29, 1.82) is 0 Å². The van der Waals surface area contributed by atoms with Gasteiger partial charge in [-0.15, -0.1) is 0 Å². The highest BCUT2D eigenvalue weighted by Gasteiger charge is 2.22. The Morgan fingerprint density at radius 1 is 0.812 bits per heavy atom. The van der Waals surface area contributed by atoms with Gasteiger partial charge in [0.25, 0.3) is 0 Å². The summed E-state index contributed by atoms with van der Waals surface area (Å²) < 4.78 is 11.1. The van der Waals surface area contributed by atoms with Gasteiger partial charge in [-0.3, -0.25) is 0 Å². The Labute approximate surface area is 99.7 Å². The van der Waals surface area contributed by atoms with Crippen molar-refractivity contribution in [1.82, 2.24) is 0 Å². The molecule has 0 aromatic carbocycles. The van der Waals surface area contributed by atoms with E-state index in [0.717, 1.165) is 25.0 Å². The molecule has 1 heterocycles. The van der Waals surface area contributed by atoms with Crippen LogP contribution in [0.5, 0.6) is 0 Å². The van der Waals surface area contributed by atoms with Gasteiger partial charge in [0.2, 0.25) is 0 Å². The summed E-state index contributed by atoms with van der Waals surface area (Å²) in [7, 11) is 0. The minimum Gasteiger partial charge on any atom is -0.353 e. The lowest BCUT2D eigenvalue weighted by molar-refractivity contribution is -0.191. The normalized spacial score (nSPS) is 40.9. The van der Waals surface area contributed by atoms with E-state index in [2.05, 4.69) is 6.92 Å². The number of ether oxygens (including phenoxy) is 2. The minimum absolute atomic E-state index is 0.0202. The van der Waals surface area contributed by atoms with Gasteiger partial charge in [0.15, 0.2) is 6.29 Å². The van der Waals surface area contributed by atoms with Crippen molar-refractivity contribution in [2.75, 3.05) is 13.2 Å². The fraction of sp³-hybridized carbons (Fsp3) is 1.00. The van der Waals surface area contributed by atoms with Gasteiger partial charge in [-0.05, 0) is 25.2 Å². The molecule has 0 N–H and O–H groups in total. The third-order valence-electron chi connectivity index (χ3n) is 4.25. The Hall–Kier alpha value is -0.0800. The summed E-state index contributed by atoms with van der Waals surface area (Å²) in [4.78, 5) is 0. The fourth-order valence-electron chi connectivity index (χ4n) is 2.90. The molecule has 0 bridgehead atoms. The number of rotatable bonds is 3. The van der Waals surface area contributed by atoms with Crippen molar-refractivity contribution >= 4 is 0 Å². The van der Waals surface area contributed by atoms with Crippen LogP contribution in [0, 0.1) is 17.8 Å². The van der Waals surface area contributed by atoms with E-state index in [1.165, 1.54) is 38.5 Å². The van der Waals surface area contributed by atoms with Crippen LogP contribution >= 0.6 is 0 Å². The molecule has 0 unspecified atom stereocenters. The maximum atomic E-state index is 5.53. The third kappa shape index (κ3) is 3.74. The molecular formula is C14H26O2. The molecule has 0 radical (unpaired) electrons. The van der Waals surface area contributed by atoms with E-state index in [0.29, 0.717) is 5.92 Å². The minimum atomic E-state index is 0.0202. The highest BCUT2D eigenvalue weighted by Crippen LogP contribution is 2.32. The van der Waals surface area contributed by atoms with Crippen molar-refractivity contribution < 1.29 is 9.47 Å². The zero-order chi connectivity index (χ0) is 11.4. The van der Waals surface area contributed by atoms with E-state index < -0.39 is 0 Å².